The van der Waals surface area contributed by atoms with Crippen molar-refractivity contribution in [3.05, 3.63) is 52.8 Å². The summed E-state index contributed by atoms with van der Waals surface area (Å²) in [6.07, 6.45) is 7.63. The van der Waals surface area contributed by atoms with Gasteiger partial charge in [0, 0.05) is 17.3 Å². The molecular formula is C20H20ClN5O. The normalized spacial score (nSPS) is 17.9. The highest BCUT2D eigenvalue weighted by molar-refractivity contribution is 6.31. The van der Waals surface area contributed by atoms with Crippen molar-refractivity contribution in [2.45, 2.75) is 44.7 Å². The topological polar surface area (TPSA) is 72.7 Å². The smallest absolute Gasteiger partial charge is 0.272 e. The highest BCUT2D eigenvalue weighted by atomic mass is 35.5. The minimum Gasteiger partial charge on any atom is -0.340 e. The lowest BCUT2D eigenvalue weighted by molar-refractivity contribution is 0.0923. The molecule has 2 heterocycles. The molecule has 2 fully saturated rings. The first-order valence-corrected chi connectivity index (χ1v) is 9.75. The van der Waals surface area contributed by atoms with Gasteiger partial charge in [0.25, 0.3) is 5.91 Å². The summed E-state index contributed by atoms with van der Waals surface area (Å²) in [5.41, 5.74) is 3.10. The lowest BCUT2D eigenvalue weighted by Crippen LogP contribution is -2.32. The van der Waals surface area contributed by atoms with Gasteiger partial charge in [0.05, 0.1) is 29.0 Å². The van der Waals surface area contributed by atoms with E-state index in [4.69, 9.17) is 16.6 Å². The molecule has 0 bridgehead atoms. The summed E-state index contributed by atoms with van der Waals surface area (Å²) >= 11 is 6.17. The summed E-state index contributed by atoms with van der Waals surface area (Å²) < 4.78 is 2.30. The molecular weight excluding hydrogens is 362 g/mol. The Hall–Kier alpha value is -2.47. The number of carbonyl (C=O) groups is 1. The summed E-state index contributed by atoms with van der Waals surface area (Å²) in [4.78, 5) is 26.0. The van der Waals surface area contributed by atoms with Gasteiger partial charge in [-0.2, -0.15) is 0 Å². The lowest BCUT2D eigenvalue weighted by Gasteiger charge is -2.19. The first-order chi connectivity index (χ1) is 13.1. The zero-order chi connectivity index (χ0) is 18.5. The summed E-state index contributed by atoms with van der Waals surface area (Å²) in [6.45, 7) is 1.85. The number of imidazole rings is 1. The fourth-order valence-corrected chi connectivity index (χ4v) is 3.74. The highest BCUT2D eigenvalue weighted by Crippen LogP contribution is 2.46. The lowest BCUT2D eigenvalue weighted by atomic mass is 10.1. The number of hydrogen-bond donors (Lipinski definition) is 1. The molecule has 2 aliphatic rings. The summed E-state index contributed by atoms with van der Waals surface area (Å²) in [7, 11) is 0. The van der Waals surface area contributed by atoms with Gasteiger partial charge in [-0.25, -0.2) is 9.97 Å². The Kier molecular flexibility index (Phi) is 3.90. The fourth-order valence-electron chi connectivity index (χ4n) is 3.57. The van der Waals surface area contributed by atoms with Gasteiger partial charge >= 0.3 is 0 Å². The number of aryl methyl sites for hydroxylation is 1. The molecule has 3 aromatic rings. The fraction of sp³-hybridized carbons (Fsp3) is 0.400. The van der Waals surface area contributed by atoms with E-state index in [2.05, 4.69) is 19.9 Å². The van der Waals surface area contributed by atoms with E-state index in [1.807, 2.05) is 25.1 Å². The summed E-state index contributed by atoms with van der Waals surface area (Å²) in [5.74, 6) is 1.15. The largest absolute Gasteiger partial charge is 0.340 e. The van der Waals surface area contributed by atoms with Gasteiger partial charge in [-0.15, -0.1) is 0 Å². The monoisotopic (exact) mass is 381 g/mol. The van der Waals surface area contributed by atoms with E-state index in [9.17, 15) is 4.79 Å². The van der Waals surface area contributed by atoms with Crippen LogP contribution in [0.4, 0.5) is 0 Å². The Labute approximate surface area is 162 Å². The van der Waals surface area contributed by atoms with E-state index in [-0.39, 0.29) is 11.9 Å². The molecule has 7 heteroatoms. The van der Waals surface area contributed by atoms with Crippen molar-refractivity contribution in [2.75, 3.05) is 0 Å². The molecule has 5 rings (SSSR count). The van der Waals surface area contributed by atoms with Crippen LogP contribution in [0.3, 0.4) is 0 Å². The second kappa shape index (κ2) is 6.30. The number of carbonyl (C=O) groups excluding carboxylic acids is 1. The molecule has 0 saturated heterocycles. The first-order valence-electron chi connectivity index (χ1n) is 9.37. The summed E-state index contributed by atoms with van der Waals surface area (Å²) in [6, 6.07) is 6.18. The molecule has 2 aromatic heterocycles. The molecule has 0 aliphatic heterocycles. The Morgan fingerprint density at radius 2 is 2.04 bits per heavy atom. The Bertz CT molecular complexity index is 1020. The molecule has 1 aromatic carbocycles. The van der Waals surface area contributed by atoms with Gasteiger partial charge in [-0.1, -0.05) is 11.6 Å². The van der Waals surface area contributed by atoms with E-state index in [1.54, 1.807) is 6.20 Å². The third-order valence-corrected chi connectivity index (χ3v) is 5.50. The maximum atomic E-state index is 12.8. The zero-order valence-corrected chi connectivity index (χ0v) is 15.8. The van der Waals surface area contributed by atoms with Gasteiger partial charge in [-0.05, 0) is 56.7 Å². The van der Waals surface area contributed by atoms with Crippen LogP contribution in [-0.2, 0) is 0 Å². The molecule has 27 heavy (non-hydrogen) atoms. The second-order valence-corrected chi connectivity index (χ2v) is 7.97. The maximum Gasteiger partial charge on any atom is 0.272 e. The molecule has 0 unspecified atom stereocenters. The Morgan fingerprint density at radius 3 is 2.70 bits per heavy atom. The van der Waals surface area contributed by atoms with Crippen molar-refractivity contribution in [1.29, 1.82) is 0 Å². The maximum absolute atomic E-state index is 12.8. The van der Waals surface area contributed by atoms with Crippen LogP contribution < -0.4 is 5.32 Å². The van der Waals surface area contributed by atoms with Crippen LogP contribution in [0.5, 0.6) is 0 Å². The van der Waals surface area contributed by atoms with Crippen LogP contribution in [0.25, 0.3) is 11.0 Å². The molecule has 1 atom stereocenters. The van der Waals surface area contributed by atoms with E-state index >= 15 is 0 Å². The Balaban J connectivity index is 1.53. The van der Waals surface area contributed by atoms with Crippen LogP contribution in [0.15, 0.2) is 30.6 Å². The predicted octanol–water partition coefficient (Wildman–Crippen LogP) is 4.00. The molecule has 0 spiro atoms. The van der Waals surface area contributed by atoms with Gasteiger partial charge in [0.1, 0.15) is 11.5 Å². The quantitative estimate of drug-likeness (QED) is 0.724. The zero-order valence-electron chi connectivity index (χ0n) is 15.0. The van der Waals surface area contributed by atoms with Crippen LogP contribution in [0.1, 0.15) is 59.8 Å². The molecule has 138 valence electrons. The van der Waals surface area contributed by atoms with Crippen molar-refractivity contribution in [2.24, 2.45) is 5.92 Å². The number of amides is 1. The standard InChI is InChI=1S/C20H20ClN5O/c1-11-9-23-16(10-22-11)20(27)25-18(12-2-3-12)19-24-15-8-13(21)4-7-17(15)26(19)14-5-6-14/h4,7-10,12,14,18H,2-3,5-6H2,1H3,(H,25,27)/t18-/m0/s1. The first kappa shape index (κ1) is 16.7. The molecule has 2 aliphatic carbocycles. The van der Waals surface area contributed by atoms with E-state index < -0.39 is 0 Å². The predicted molar refractivity (Wildman–Crippen MR) is 103 cm³/mol. The molecule has 6 nitrogen and oxygen atoms in total. The third kappa shape index (κ3) is 3.18. The van der Waals surface area contributed by atoms with E-state index in [1.165, 1.54) is 6.20 Å². The van der Waals surface area contributed by atoms with Crippen LogP contribution >= 0.6 is 11.6 Å². The van der Waals surface area contributed by atoms with E-state index in [0.29, 0.717) is 22.7 Å². The molecule has 1 N–H and O–H groups in total. The number of nitrogens with one attached hydrogen (secondary N) is 1. The number of benzene rings is 1. The molecule has 2 saturated carbocycles. The third-order valence-electron chi connectivity index (χ3n) is 5.26. The van der Waals surface area contributed by atoms with Crippen molar-refractivity contribution >= 4 is 28.5 Å². The number of fused-ring (bicyclic) bond motifs is 1. The van der Waals surface area contributed by atoms with E-state index in [0.717, 1.165) is 48.2 Å². The highest BCUT2D eigenvalue weighted by Gasteiger charge is 2.39. The molecule has 1 amide bonds. The number of aromatic nitrogens is 4. The van der Waals surface area contributed by atoms with Crippen LogP contribution in [0, 0.1) is 12.8 Å². The average Bonchev–Trinajstić information content (AvgIpc) is 3.57. The van der Waals surface area contributed by atoms with Gasteiger partial charge in [0.2, 0.25) is 0 Å². The number of halogens is 1. The van der Waals surface area contributed by atoms with Crippen LogP contribution in [0.2, 0.25) is 5.02 Å². The van der Waals surface area contributed by atoms with Crippen molar-refractivity contribution in [3.8, 4) is 0 Å². The SMILES string of the molecule is Cc1cnc(C(=O)N[C@H](c2nc3cc(Cl)ccc3n2C2CC2)C2CC2)cn1. The van der Waals surface area contributed by atoms with Crippen molar-refractivity contribution in [3.63, 3.8) is 0 Å². The minimum absolute atomic E-state index is 0.118. The van der Waals surface area contributed by atoms with Gasteiger partial charge < -0.3 is 9.88 Å². The van der Waals surface area contributed by atoms with Crippen molar-refractivity contribution < 1.29 is 4.79 Å². The molecule has 0 radical (unpaired) electrons. The number of rotatable bonds is 5. The summed E-state index contributed by atoms with van der Waals surface area (Å²) in [5, 5.41) is 3.85. The number of nitrogens with zero attached hydrogens (tertiary/aromatic N) is 4. The van der Waals surface area contributed by atoms with Gasteiger partial charge in [-0.3, -0.25) is 9.78 Å². The van der Waals surface area contributed by atoms with Crippen molar-refractivity contribution in [1.82, 2.24) is 24.8 Å². The number of hydrogen-bond acceptors (Lipinski definition) is 4. The second-order valence-electron chi connectivity index (χ2n) is 7.54. The van der Waals surface area contributed by atoms with Crippen LogP contribution in [-0.4, -0.2) is 25.4 Å². The van der Waals surface area contributed by atoms with Gasteiger partial charge in [0.15, 0.2) is 0 Å². The minimum atomic E-state index is -0.202. The average molecular weight is 382 g/mol. The Morgan fingerprint density at radius 1 is 1.22 bits per heavy atom.